The highest BCUT2D eigenvalue weighted by Gasteiger charge is 2.17. The molecule has 1 aromatic rings. The predicted molar refractivity (Wildman–Crippen MR) is 56.4 cm³/mol. The summed E-state index contributed by atoms with van der Waals surface area (Å²) >= 11 is 0. The SMILES string of the molecule is CCn1c2c(ccc1=O)CC(N)CC2. The van der Waals surface area contributed by atoms with Gasteiger partial charge in [0.25, 0.3) is 5.56 Å². The second-order valence-electron chi connectivity index (χ2n) is 3.89. The fraction of sp³-hybridized carbons (Fsp3) is 0.545. The molecular weight excluding hydrogens is 176 g/mol. The summed E-state index contributed by atoms with van der Waals surface area (Å²) in [5.74, 6) is 0. The molecule has 2 N–H and O–H groups in total. The number of nitrogens with two attached hydrogens (primary N) is 1. The van der Waals surface area contributed by atoms with Gasteiger partial charge in [-0.15, -0.1) is 0 Å². The maximum atomic E-state index is 11.5. The van der Waals surface area contributed by atoms with E-state index in [9.17, 15) is 4.79 Å². The molecule has 1 aromatic heterocycles. The third-order valence-corrected chi connectivity index (χ3v) is 2.94. The molecule has 3 heteroatoms. The Kier molecular flexibility index (Phi) is 2.42. The summed E-state index contributed by atoms with van der Waals surface area (Å²) in [6.07, 6.45) is 2.85. The molecule has 1 atom stereocenters. The Morgan fingerprint density at radius 1 is 1.57 bits per heavy atom. The van der Waals surface area contributed by atoms with Gasteiger partial charge in [-0.25, -0.2) is 0 Å². The Bertz CT molecular complexity index is 395. The van der Waals surface area contributed by atoms with Crippen LogP contribution in [-0.2, 0) is 19.4 Å². The van der Waals surface area contributed by atoms with Crippen molar-refractivity contribution in [1.29, 1.82) is 0 Å². The van der Waals surface area contributed by atoms with E-state index in [1.54, 1.807) is 6.07 Å². The van der Waals surface area contributed by atoms with E-state index < -0.39 is 0 Å². The van der Waals surface area contributed by atoms with E-state index in [1.165, 1.54) is 11.3 Å². The molecule has 0 saturated heterocycles. The zero-order chi connectivity index (χ0) is 10.1. The van der Waals surface area contributed by atoms with Crippen LogP contribution in [0.25, 0.3) is 0 Å². The average molecular weight is 192 g/mol. The minimum absolute atomic E-state index is 0.113. The lowest BCUT2D eigenvalue weighted by Gasteiger charge is -2.24. The maximum Gasteiger partial charge on any atom is 0.250 e. The molecule has 0 bridgehead atoms. The Morgan fingerprint density at radius 3 is 3.07 bits per heavy atom. The molecule has 3 nitrogen and oxygen atoms in total. The second-order valence-corrected chi connectivity index (χ2v) is 3.89. The summed E-state index contributed by atoms with van der Waals surface area (Å²) in [5.41, 5.74) is 8.46. The first kappa shape index (κ1) is 9.46. The normalized spacial score (nSPS) is 20.6. The van der Waals surface area contributed by atoms with Gasteiger partial charge in [0.15, 0.2) is 0 Å². The molecule has 76 valence electrons. The Labute approximate surface area is 83.5 Å². The lowest BCUT2D eigenvalue weighted by Crippen LogP contribution is -2.33. The van der Waals surface area contributed by atoms with E-state index >= 15 is 0 Å². The first-order chi connectivity index (χ1) is 6.72. The molecule has 0 spiro atoms. The Balaban J connectivity index is 2.52. The molecule has 1 unspecified atom stereocenters. The average Bonchev–Trinajstić information content (AvgIpc) is 2.18. The maximum absolute atomic E-state index is 11.5. The lowest BCUT2D eigenvalue weighted by atomic mass is 9.92. The minimum Gasteiger partial charge on any atom is -0.327 e. The monoisotopic (exact) mass is 192 g/mol. The van der Waals surface area contributed by atoms with Crippen LogP contribution in [-0.4, -0.2) is 10.6 Å². The highest BCUT2D eigenvalue weighted by Crippen LogP contribution is 2.18. The summed E-state index contributed by atoms with van der Waals surface area (Å²) in [7, 11) is 0. The summed E-state index contributed by atoms with van der Waals surface area (Å²) in [6, 6.07) is 3.86. The fourth-order valence-corrected chi connectivity index (χ4v) is 2.20. The number of pyridine rings is 1. The second kappa shape index (κ2) is 3.58. The Morgan fingerprint density at radius 2 is 2.36 bits per heavy atom. The third-order valence-electron chi connectivity index (χ3n) is 2.94. The number of nitrogens with zero attached hydrogens (tertiary/aromatic N) is 1. The zero-order valence-corrected chi connectivity index (χ0v) is 8.49. The molecule has 1 heterocycles. The largest absolute Gasteiger partial charge is 0.327 e. The van der Waals surface area contributed by atoms with Crippen LogP contribution in [0.4, 0.5) is 0 Å². The van der Waals surface area contributed by atoms with Gasteiger partial charge in [0.05, 0.1) is 0 Å². The number of hydrogen-bond donors (Lipinski definition) is 1. The number of fused-ring (bicyclic) bond motifs is 1. The molecular formula is C11H16N2O. The molecule has 1 aliphatic carbocycles. The van der Waals surface area contributed by atoms with Crippen LogP contribution in [0.15, 0.2) is 16.9 Å². The van der Waals surface area contributed by atoms with Gasteiger partial charge in [-0.3, -0.25) is 4.79 Å². The van der Waals surface area contributed by atoms with Gasteiger partial charge >= 0.3 is 0 Å². The van der Waals surface area contributed by atoms with E-state index in [4.69, 9.17) is 5.73 Å². The van der Waals surface area contributed by atoms with Crippen molar-refractivity contribution in [3.05, 3.63) is 33.7 Å². The van der Waals surface area contributed by atoms with Crippen molar-refractivity contribution in [3.63, 3.8) is 0 Å². The molecule has 0 aliphatic heterocycles. The van der Waals surface area contributed by atoms with Crippen molar-refractivity contribution < 1.29 is 0 Å². The van der Waals surface area contributed by atoms with Crippen molar-refractivity contribution >= 4 is 0 Å². The molecule has 14 heavy (non-hydrogen) atoms. The van der Waals surface area contributed by atoms with E-state index in [0.717, 1.165) is 25.8 Å². The van der Waals surface area contributed by atoms with Crippen LogP contribution in [0.3, 0.4) is 0 Å². The molecule has 0 fully saturated rings. The van der Waals surface area contributed by atoms with Crippen molar-refractivity contribution in [1.82, 2.24) is 4.57 Å². The van der Waals surface area contributed by atoms with Crippen molar-refractivity contribution in [2.24, 2.45) is 5.73 Å². The standard InChI is InChI=1S/C11H16N2O/c1-2-13-10-5-4-9(12)7-8(10)3-6-11(13)14/h3,6,9H,2,4-5,7,12H2,1H3. The van der Waals surface area contributed by atoms with E-state index in [1.807, 2.05) is 17.6 Å². The van der Waals surface area contributed by atoms with Crippen LogP contribution >= 0.6 is 0 Å². The van der Waals surface area contributed by atoms with E-state index in [2.05, 4.69) is 0 Å². The highest BCUT2D eigenvalue weighted by atomic mass is 16.1. The van der Waals surface area contributed by atoms with E-state index in [-0.39, 0.29) is 11.6 Å². The Hall–Kier alpha value is -1.09. The van der Waals surface area contributed by atoms with Gasteiger partial charge < -0.3 is 10.3 Å². The molecule has 0 amide bonds. The van der Waals surface area contributed by atoms with Gasteiger partial charge in [0.1, 0.15) is 0 Å². The van der Waals surface area contributed by atoms with Crippen LogP contribution < -0.4 is 11.3 Å². The van der Waals surface area contributed by atoms with E-state index in [0.29, 0.717) is 0 Å². The van der Waals surface area contributed by atoms with Crippen molar-refractivity contribution in [3.8, 4) is 0 Å². The number of hydrogen-bond acceptors (Lipinski definition) is 2. The predicted octanol–water partition coefficient (Wildman–Crippen LogP) is 0.684. The van der Waals surface area contributed by atoms with Crippen molar-refractivity contribution in [2.75, 3.05) is 0 Å². The van der Waals surface area contributed by atoms with Crippen LogP contribution in [0.5, 0.6) is 0 Å². The summed E-state index contributed by atoms with van der Waals surface area (Å²) < 4.78 is 1.86. The van der Waals surface area contributed by atoms with Gasteiger partial charge in [-0.05, 0) is 31.7 Å². The topological polar surface area (TPSA) is 48.0 Å². The minimum atomic E-state index is 0.113. The zero-order valence-electron chi connectivity index (χ0n) is 8.49. The first-order valence-electron chi connectivity index (χ1n) is 5.19. The first-order valence-corrected chi connectivity index (χ1v) is 5.19. The summed E-state index contributed by atoms with van der Waals surface area (Å²) in [5, 5.41) is 0. The molecule has 2 rings (SSSR count). The molecule has 0 radical (unpaired) electrons. The summed E-state index contributed by atoms with van der Waals surface area (Å²) in [4.78, 5) is 11.5. The summed E-state index contributed by atoms with van der Waals surface area (Å²) in [6.45, 7) is 2.77. The highest BCUT2D eigenvalue weighted by molar-refractivity contribution is 5.25. The molecule has 1 aliphatic rings. The van der Waals surface area contributed by atoms with Gasteiger partial charge in [-0.2, -0.15) is 0 Å². The van der Waals surface area contributed by atoms with Gasteiger partial charge in [0, 0.05) is 24.3 Å². The molecule has 0 aromatic carbocycles. The molecule has 0 saturated carbocycles. The smallest absolute Gasteiger partial charge is 0.250 e. The van der Waals surface area contributed by atoms with Gasteiger partial charge in [-0.1, -0.05) is 6.07 Å². The van der Waals surface area contributed by atoms with Crippen LogP contribution in [0.1, 0.15) is 24.6 Å². The number of rotatable bonds is 1. The fourth-order valence-electron chi connectivity index (χ4n) is 2.20. The van der Waals surface area contributed by atoms with Crippen LogP contribution in [0, 0.1) is 0 Å². The van der Waals surface area contributed by atoms with Gasteiger partial charge in [0.2, 0.25) is 0 Å². The quantitative estimate of drug-likeness (QED) is 0.711. The lowest BCUT2D eigenvalue weighted by molar-refractivity contribution is 0.532. The number of aromatic nitrogens is 1. The van der Waals surface area contributed by atoms with Crippen LogP contribution in [0.2, 0.25) is 0 Å². The van der Waals surface area contributed by atoms with Crippen molar-refractivity contribution in [2.45, 2.75) is 38.8 Å². The third kappa shape index (κ3) is 1.48.